The molecule has 27 heavy (non-hydrogen) atoms. The highest BCUT2D eigenvalue weighted by molar-refractivity contribution is 14.0. The minimum Gasteiger partial charge on any atom is -0.356 e. The van der Waals surface area contributed by atoms with Crippen molar-refractivity contribution in [2.75, 3.05) is 40.3 Å². The Bertz CT molecular complexity index is 466. The Balaban J connectivity index is 0.00000364. The number of ether oxygens (including phenoxy) is 2. The Kier molecular flexibility index (Phi) is 11.6. The van der Waals surface area contributed by atoms with Crippen LogP contribution < -0.4 is 10.6 Å². The number of hydrogen-bond donors (Lipinski definition) is 2. The second-order valence-electron chi connectivity index (χ2n) is 7.49. The molecule has 0 radical (unpaired) electrons. The molecule has 0 bridgehead atoms. The van der Waals surface area contributed by atoms with Gasteiger partial charge in [0.1, 0.15) is 12.6 Å². The number of likely N-dealkylation sites (N-methyl/N-ethyl adjacent to an activating group) is 1. The molecule has 0 aromatic heterocycles. The van der Waals surface area contributed by atoms with Crippen LogP contribution in [0.5, 0.6) is 0 Å². The Morgan fingerprint density at radius 3 is 2.52 bits per heavy atom. The van der Waals surface area contributed by atoms with Gasteiger partial charge in [-0.1, -0.05) is 26.2 Å². The molecule has 2 rings (SSSR count). The lowest BCUT2D eigenvalue weighted by Gasteiger charge is -2.26. The number of hydrogen-bond acceptors (Lipinski definition) is 4. The van der Waals surface area contributed by atoms with Crippen molar-refractivity contribution in [3.63, 3.8) is 0 Å². The van der Waals surface area contributed by atoms with Gasteiger partial charge < -0.3 is 25.0 Å². The summed E-state index contributed by atoms with van der Waals surface area (Å²) >= 11 is 0. The van der Waals surface area contributed by atoms with Crippen LogP contribution in [0.3, 0.4) is 0 Å². The van der Waals surface area contributed by atoms with E-state index in [4.69, 9.17) is 9.47 Å². The first-order valence-corrected chi connectivity index (χ1v) is 10.1. The third-order valence-corrected chi connectivity index (χ3v) is 4.97. The molecule has 1 aliphatic carbocycles. The fraction of sp³-hybridized carbons (Fsp3) is 0.895. The Hall–Kier alpha value is -0.610. The summed E-state index contributed by atoms with van der Waals surface area (Å²) in [5, 5.41) is 6.61. The van der Waals surface area contributed by atoms with Crippen molar-refractivity contribution in [1.29, 1.82) is 0 Å². The van der Waals surface area contributed by atoms with E-state index in [0.29, 0.717) is 19.1 Å². The predicted octanol–water partition coefficient (Wildman–Crippen LogP) is 2.49. The SMILES string of the molecule is CCCCNC(=NCC(=O)N(C)C)NCC1COC2(CCCCCC2)O1.I. The summed E-state index contributed by atoms with van der Waals surface area (Å²) in [6.07, 6.45) is 9.09. The van der Waals surface area contributed by atoms with Crippen LogP contribution in [-0.4, -0.2) is 69.0 Å². The van der Waals surface area contributed by atoms with Crippen LogP contribution in [0.15, 0.2) is 4.99 Å². The zero-order chi connectivity index (χ0) is 18.8. The van der Waals surface area contributed by atoms with Crippen LogP contribution in [0.2, 0.25) is 0 Å². The fourth-order valence-corrected chi connectivity index (χ4v) is 3.30. The third-order valence-electron chi connectivity index (χ3n) is 4.97. The van der Waals surface area contributed by atoms with E-state index in [0.717, 1.165) is 32.2 Å². The molecule has 1 atom stereocenters. The number of carbonyl (C=O) groups excluding carboxylic acids is 1. The van der Waals surface area contributed by atoms with Gasteiger partial charge in [-0.05, 0) is 19.3 Å². The molecule has 1 spiro atoms. The number of unbranched alkanes of at least 4 members (excludes halogenated alkanes) is 1. The van der Waals surface area contributed by atoms with Gasteiger partial charge in [0.25, 0.3) is 0 Å². The minimum atomic E-state index is -0.364. The van der Waals surface area contributed by atoms with Crippen LogP contribution in [0, 0.1) is 0 Å². The van der Waals surface area contributed by atoms with E-state index in [1.807, 2.05) is 0 Å². The van der Waals surface area contributed by atoms with Crippen LogP contribution >= 0.6 is 24.0 Å². The average molecular weight is 496 g/mol. The van der Waals surface area contributed by atoms with Crippen LogP contribution in [0.4, 0.5) is 0 Å². The lowest BCUT2D eigenvalue weighted by atomic mass is 10.1. The molecule has 1 saturated heterocycles. The number of guanidine groups is 1. The first-order valence-electron chi connectivity index (χ1n) is 10.1. The van der Waals surface area contributed by atoms with E-state index >= 15 is 0 Å². The van der Waals surface area contributed by atoms with Gasteiger partial charge >= 0.3 is 0 Å². The highest BCUT2D eigenvalue weighted by Crippen LogP contribution is 2.36. The van der Waals surface area contributed by atoms with Gasteiger partial charge in [0.15, 0.2) is 11.7 Å². The summed E-state index contributed by atoms with van der Waals surface area (Å²) in [7, 11) is 3.48. The van der Waals surface area contributed by atoms with E-state index in [1.165, 1.54) is 25.7 Å². The van der Waals surface area contributed by atoms with Crippen molar-refractivity contribution >= 4 is 35.8 Å². The first kappa shape index (κ1) is 24.4. The normalized spacial score (nSPS) is 22.0. The lowest BCUT2D eigenvalue weighted by Crippen LogP contribution is -2.43. The van der Waals surface area contributed by atoms with Gasteiger partial charge in [0, 0.05) is 40.0 Å². The number of nitrogens with zero attached hydrogens (tertiary/aromatic N) is 2. The summed E-state index contributed by atoms with van der Waals surface area (Å²) in [6.45, 7) is 4.38. The van der Waals surface area contributed by atoms with Gasteiger partial charge in [-0.2, -0.15) is 0 Å². The standard InChI is InChI=1S/C19H36N4O3.HI/c1-4-5-12-20-18(22-14-17(24)23(2)3)21-13-16-15-25-19(26-16)10-8-6-7-9-11-19;/h16H,4-15H2,1-3H3,(H2,20,21,22);1H. The van der Waals surface area contributed by atoms with Crippen molar-refractivity contribution in [2.45, 2.75) is 70.2 Å². The molecule has 158 valence electrons. The van der Waals surface area contributed by atoms with Crippen LogP contribution in [0.25, 0.3) is 0 Å². The molecule has 2 fully saturated rings. The van der Waals surface area contributed by atoms with Gasteiger partial charge in [-0.15, -0.1) is 24.0 Å². The molecular formula is C19H37IN4O3. The van der Waals surface area contributed by atoms with Crippen LogP contribution in [-0.2, 0) is 14.3 Å². The molecule has 2 aliphatic rings. The molecule has 1 unspecified atom stereocenters. The van der Waals surface area contributed by atoms with Gasteiger partial charge in [0.2, 0.25) is 5.91 Å². The summed E-state index contributed by atoms with van der Waals surface area (Å²) in [5.74, 6) is 0.287. The molecule has 1 amide bonds. The maximum absolute atomic E-state index is 11.8. The van der Waals surface area contributed by atoms with Crippen molar-refractivity contribution in [2.24, 2.45) is 4.99 Å². The molecular weight excluding hydrogens is 459 g/mol. The largest absolute Gasteiger partial charge is 0.356 e. The number of nitrogens with one attached hydrogen (secondary N) is 2. The van der Waals surface area contributed by atoms with Crippen molar-refractivity contribution in [3.05, 3.63) is 0 Å². The van der Waals surface area contributed by atoms with E-state index in [9.17, 15) is 4.79 Å². The molecule has 1 aliphatic heterocycles. The lowest BCUT2D eigenvalue weighted by molar-refractivity contribution is -0.175. The Morgan fingerprint density at radius 1 is 1.19 bits per heavy atom. The van der Waals surface area contributed by atoms with Crippen molar-refractivity contribution < 1.29 is 14.3 Å². The number of halogens is 1. The summed E-state index contributed by atoms with van der Waals surface area (Å²) in [4.78, 5) is 17.7. The van der Waals surface area contributed by atoms with Gasteiger partial charge in [-0.3, -0.25) is 4.79 Å². The Labute approximate surface area is 181 Å². The summed E-state index contributed by atoms with van der Waals surface area (Å²) in [6, 6.07) is 0. The predicted molar refractivity (Wildman–Crippen MR) is 119 cm³/mol. The molecule has 1 heterocycles. The maximum Gasteiger partial charge on any atom is 0.243 e. The zero-order valence-corrected chi connectivity index (χ0v) is 19.4. The van der Waals surface area contributed by atoms with E-state index in [2.05, 4.69) is 22.5 Å². The summed E-state index contributed by atoms with van der Waals surface area (Å²) in [5.41, 5.74) is 0. The van der Waals surface area contributed by atoms with Gasteiger partial charge in [-0.25, -0.2) is 4.99 Å². The average Bonchev–Trinajstić information content (AvgIpc) is 2.87. The number of carbonyl (C=O) groups is 1. The third kappa shape index (κ3) is 8.51. The highest BCUT2D eigenvalue weighted by atomic mass is 127. The molecule has 8 heteroatoms. The molecule has 0 aromatic carbocycles. The number of rotatable bonds is 7. The number of amides is 1. The fourth-order valence-electron chi connectivity index (χ4n) is 3.30. The van der Waals surface area contributed by atoms with Crippen LogP contribution in [0.1, 0.15) is 58.3 Å². The van der Waals surface area contributed by atoms with Crippen molar-refractivity contribution in [1.82, 2.24) is 15.5 Å². The minimum absolute atomic E-state index is 0. The van der Waals surface area contributed by atoms with E-state index in [-0.39, 0.29) is 48.3 Å². The van der Waals surface area contributed by atoms with E-state index < -0.39 is 0 Å². The number of aliphatic imine (C=N–C) groups is 1. The second-order valence-corrected chi connectivity index (χ2v) is 7.49. The Morgan fingerprint density at radius 2 is 1.89 bits per heavy atom. The first-order chi connectivity index (χ1) is 12.5. The molecule has 1 saturated carbocycles. The summed E-state index contributed by atoms with van der Waals surface area (Å²) < 4.78 is 12.3. The van der Waals surface area contributed by atoms with Crippen molar-refractivity contribution in [3.8, 4) is 0 Å². The molecule has 7 nitrogen and oxygen atoms in total. The monoisotopic (exact) mass is 496 g/mol. The highest BCUT2D eigenvalue weighted by Gasteiger charge is 2.41. The van der Waals surface area contributed by atoms with Gasteiger partial charge in [0.05, 0.1) is 6.61 Å². The zero-order valence-electron chi connectivity index (χ0n) is 17.1. The topological polar surface area (TPSA) is 75.2 Å². The van der Waals surface area contributed by atoms with E-state index in [1.54, 1.807) is 19.0 Å². The second kappa shape index (κ2) is 12.8. The molecule has 2 N–H and O–H groups in total. The maximum atomic E-state index is 11.8. The quantitative estimate of drug-likeness (QED) is 0.245. The smallest absolute Gasteiger partial charge is 0.243 e. The molecule has 0 aromatic rings.